The molecule has 2 aromatic heterocycles. The zero-order valence-corrected chi connectivity index (χ0v) is 24.1. The fourth-order valence-electron chi connectivity index (χ4n) is 5.96. The molecule has 3 heterocycles. The van der Waals surface area contributed by atoms with Crippen molar-refractivity contribution in [3.63, 3.8) is 0 Å². The van der Waals surface area contributed by atoms with Crippen molar-refractivity contribution in [2.24, 2.45) is 7.05 Å². The number of aromatic amines is 1. The lowest BCUT2D eigenvalue weighted by Gasteiger charge is -2.25. The SMILES string of the molecule is Cc1cccc(Oc2ccc3[nH]c(C(=O)NNC(=O)CN4C(=O)c5ccccc5C4c4cn(C)c5ccccc45)cc3c2)c1. The van der Waals surface area contributed by atoms with E-state index in [0.29, 0.717) is 11.3 Å². The number of aromatic nitrogens is 2. The Kier molecular flexibility index (Phi) is 6.62. The van der Waals surface area contributed by atoms with E-state index in [2.05, 4.69) is 15.8 Å². The number of benzene rings is 4. The van der Waals surface area contributed by atoms with Crippen LogP contribution in [0.5, 0.6) is 11.5 Å². The van der Waals surface area contributed by atoms with Gasteiger partial charge in [0.2, 0.25) is 0 Å². The average molecular weight is 584 g/mol. The Morgan fingerprint density at radius 2 is 1.66 bits per heavy atom. The number of fused-ring (bicyclic) bond motifs is 3. The lowest BCUT2D eigenvalue weighted by atomic mass is 9.97. The number of hydrogen-bond donors (Lipinski definition) is 3. The molecule has 9 heteroatoms. The van der Waals surface area contributed by atoms with Crippen LogP contribution in [0.3, 0.4) is 0 Å². The van der Waals surface area contributed by atoms with E-state index in [-0.39, 0.29) is 18.1 Å². The lowest BCUT2D eigenvalue weighted by molar-refractivity contribution is -0.122. The van der Waals surface area contributed by atoms with Crippen LogP contribution in [0, 0.1) is 6.92 Å². The van der Waals surface area contributed by atoms with Crippen molar-refractivity contribution >= 4 is 39.5 Å². The van der Waals surface area contributed by atoms with Gasteiger partial charge in [0.1, 0.15) is 23.7 Å². The fourth-order valence-corrected chi connectivity index (χ4v) is 5.96. The number of rotatable bonds is 6. The summed E-state index contributed by atoms with van der Waals surface area (Å²) < 4.78 is 7.99. The number of carbonyl (C=O) groups is 3. The summed E-state index contributed by atoms with van der Waals surface area (Å²) in [6.45, 7) is 1.76. The minimum Gasteiger partial charge on any atom is -0.457 e. The highest BCUT2D eigenvalue weighted by Crippen LogP contribution is 2.41. The molecule has 1 atom stereocenters. The van der Waals surface area contributed by atoms with Crippen molar-refractivity contribution in [3.8, 4) is 11.5 Å². The molecule has 0 fully saturated rings. The van der Waals surface area contributed by atoms with Gasteiger partial charge in [-0.1, -0.05) is 48.5 Å². The van der Waals surface area contributed by atoms with Gasteiger partial charge >= 0.3 is 0 Å². The molecule has 3 N–H and O–H groups in total. The molecule has 3 amide bonds. The molecule has 4 aromatic carbocycles. The highest BCUT2D eigenvalue weighted by Gasteiger charge is 2.39. The third-order valence-corrected chi connectivity index (χ3v) is 7.97. The van der Waals surface area contributed by atoms with E-state index in [1.165, 1.54) is 0 Å². The highest BCUT2D eigenvalue weighted by molar-refractivity contribution is 6.03. The average Bonchev–Trinajstić information content (AvgIpc) is 3.68. The molecule has 6 aromatic rings. The standard InChI is InChI=1S/C35H29N5O4/c1-21-8-7-9-23(16-21)44-24-14-15-29-22(17-24)18-30(36-29)34(42)38-37-32(41)20-40-33(26-11-3-4-12-27(26)35(40)43)28-19-39(2)31-13-6-5-10-25(28)31/h3-19,33,36H,20H2,1-2H3,(H,37,41)(H,38,42). The summed E-state index contributed by atoms with van der Waals surface area (Å²) in [7, 11) is 1.96. The van der Waals surface area contributed by atoms with E-state index in [4.69, 9.17) is 4.74 Å². The van der Waals surface area contributed by atoms with Gasteiger partial charge in [-0.25, -0.2) is 0 Å². The number of H-pyrrole nitrogens is 1. The smallest absolute Gasteiger partial charge is 0.286 e. The van der Waals surface area contributed by atoms with Crippen molar-refractivity contribution in [1.82, 2.24) is 25.3 Å². The zero-order chi connectivity index (χ0) is 30.4. The summed E-state index contributed by atoms with van der Waals surface area (Å²) in [5.74, 6) is 0.0913. The molecule has 1 unspecified atom stereocenters. The second-order valence-corrected chi connectivity index (χ2v) is 11.0. The summed E-state index contributed by atoms with van der Waals surface area (Å²) in [6.07, 6.45) is 2.00. The summed E-state index contributed by atoms with van der Waals surface area (Å²) in [6, 6.07) is 29.9. The van der Waals surface area contributed by atoms with Crippen LogP contribution in [0.1, 0.15) is 43.6 Å². The number of hydrogen-bond acceptors (Lipinski definition) is 4. The Morgan fingerprint density at radius 1 is 0.864 bits per heavy atom. The topological polar surface area (TPSA) is 108 Å². The van der Waals surface area contributed by atoms with Crippen molar-refractivity contribution in [1.29, 1.82) is 0 Å². The largest absolute Gasteiger partial charge is 0.457 e. The molecule has 1 aliphatic rings. The molecule has 218 valence electrons. The molecular weight excluding hydrogens is 554 g/mol. The van der Waals surface area contributed by atoms with Crippen LogP contribution in [-0.2, 0) is 11.8 Å². The van der Waals surface area contributed by atoms with Gasteiger partial charge in [0.05, 0.1) is 6.04 Å². The number of para-hydroxylation sites is 1. The van der Waals surface area contributed by atoms with Crippen LogP contribution in [0.4, 0.5) is 0 Å². The van der Waals surface area contributed by atoms with E-state index in [9.17, 15) is 14.4 Å². The van der Waals surface area contributed by atoms with Crippen LogP contribution in [0.2, 0.25) is 0 Å². The van der Waals surface area contributed by atoms with Gasteiger partial charge in [-0.2, -0.15) is 0 Å². The summed E-state index contributed by atoms with van der Waals surface area (Å²) in [5, 5.41) is 1.79. The van der Waals surface area contributed by atoms with Gasteiger partial charge in [0.15, 0.2) is 0 Å². The molecule has 0 saturated heterocycles. The summed E-state index contributed by atoms with van der Waals surface area (Å²) in [5.41, 5.74) is 10.4. The number of hydrazine groups is 1. The van der Waals surface area contributed by atoms with Gasteiger partial charge in [-0.3, -0.25) is 25.2 Å². The van der Waals surface area contributed by atoms with Crippen LogP contribution in [0.25, 0.3) is 21.8 Å². The van der Waals surface area contributed by atoms with E-state index in [1.807, 2.05) is 110 Å². The zero-order valence-electron chi connectivity index (χ0n) is 24.1. The Morgan fingerprint density at radius 3 is 2.52 bits per heavy atom. The van der Waals surface area contributed by atoms with Crippen molar-refractivity contribution < 1.29 is 19.1 Å². The second kappa shape index (κ2) is 10.8. The van der Waals surface area contributed by atoms with E-state index >= 15 is 0 Å². The molecule has 9 nitrogen and oxygen atoms in total. The first kappa shape index (κ1) is 27.0. The van der Waals surface area contributed by atoms with Crippen molar-refractivity contribution in [2.75, 3.05) is 6.54 Å². The molecular formula is C35H29N5O4. The van der Waals surface area contributed by atoms with E-state index in [0.717, 1.165) is 44.2 Å². The predicted molar refractivity (Wildman–Crippen MR) is 167 cm³/mol. The fraction of sp³-hybridized carbons (Fsp3) is 0.114. The van der Waals surface area contributed by atoms with Crippen LogP contribution >= 0.6 is 0 Å². The minimum absolute atomic E-state index is 0.237. The van der Waals surface area contributed by atoms with Crippen molar-refractivity contribution in [2.45, 2.75) is 13.0 Å². The van der Waals surface area contributed by atoms with Crippen LogP contribution in [-0.4, -0.2) is 38.7 Å². The summed E-state index contributed by atoms with van der Waals surface area (Å²) >= 11 is 0. The third kappa shape index (κ3) is 4.84. The molecule has 0 aliphatic carbocycles. The van der Waals surface area contributed by atoms with E-state index < -0.39 is 17.9 Å². The Hall–Kier alpha value is -5.83. The molecule has 0 radical (unpaired) electrons. The molecule has 1 aliphatic heterocycles. The maximum Gasteiger partial charge on any atom is 0.286 e. The first-order valence-electron chi connectivity index (χ1n) is 14.3. The first-order valence-corrected chi connectivity index (χ1v) is 14.3. The van der Waals surface area contributed by atoms with Crippen molar-refractivity contribution in [3.05, 3.63) is 131 Å². The number of aryl methyl sites for hydroxylation is 2. The maximum absolute atomic E-state index is 13.5. The number of amides is 3. The Labute approximate surface area is 253 Å². The molecule has 0 saturated carbocycles. The molecule has 44 heavy (non-hydrogen) atoms. The lowest BCUT2D eigenvalue weighted by Crippen LogP contribution is -2.47. The van der Waals surface area contributed by atoms with Gasteiger partial charge < -0.3 is 19.2 Å². The van der Waals surface area contributed by atoms with Gasteiger partial charge in [-0.15, -0.1) is 0 Å². The third-order valence-electron chi connectivity index (χ3n) is 7.97. The second-order valence-electron chi connectivity index (χ2n) is 11.0. The number of nitrogens with one attached hydrogen (secondary N) is 3. The van der Waals surface area contributed by atoms with Gasteiger partial charge in [0, 0.05) is 46.2 Å². The van der Waals surface area contributed by atoms with Gasteiger partial charge in [0.25, 0.3) is 17.7 Å². The molecule has 0 spiro atoms. The Balaban J connectivity index is 1.06. The van der Waals surface area contributed by atoms with Gasteiger partial charge in [-0.05, 0) is 66.6 Å². The monoisotopic (exact) mass is 583 g/mol. The molecule has 7 rings (SSSR count). The quantitative estimate of drug-likeness (QED) is 0.217. The molecule has 0 bridgehead atoms. The maximum atomic E-state index is 13.5. The van der Waals surface area contributed by atoms with Crippen LogP contribution in [0.15, 0.2) is 103 Å². The van der Waals surface area contributed by atoms with Crippen LogP contribution < -0.4 is 15.6 Å². The predicted octanol–water partition coefficient (Wildman–Crippen LogP) is 5.77. The minimum atomic E-state index is -0.519. The van der Waals surface area contributed by atoms with E-state index in [1.54, 1.807) is 17.0 Å². The first-order chi connectivity index (χ1) is 21.4. The normalized spacial score (nSPS) is 14.2. The summed E-state index contributed by atoms with van der Waals surface area (Å²) in [4.78, 5) is 44.3. The number of nitrogens with zero attached hydrogens (tertiary/aromatic N) is 2. The highest BCUT2D eigenvalue weighted by atomic mass is 16.5. The number of ether oxygens (including phenoxy) is 1. The Bertz CT molecular complexity index is 2090. The number of carbonyl (C=O) groups excluding carboxylic acids is 3.